The summed E-state index contributed by atoms with van der Waals surface area (Å²) in [6, 6.07) is 7.14. The van der Waals surface area contributed by atoms with Crippen LogP contribution in [0.2, 0.25) is 0 Å². The number of piperidine rings is 1. The highest BCUT2D eigenvalue weighted by Gasteiger charge is 2.27. The van der Waals surface area contributed by atoms with Gasteiger partial charge in [-0.05, 0) is 82.1 Å². The van der Waals surface area contributed by atoms with E-state index < -0.39 is 15.4 Å². The van der Waals surface area contributed by atoms with Gasteiger partial charge in [-0.25, -0.2) is 13.2 Å². The number of carbonyl (C=O) groups excluding carboxylic acids is 1. The van der Waals surface area contributed by atoms with E-state index in [1.54, 1.807) is 17.0 Å². The summed E-state index contributed by atoms with van der Waals surface area (Å²) >= 11 is 0. The minimum atomic E-state index is -3.16. The Kier molecular flexibility index (Phi) is 7.47. The van der Waals surface area contributed by atoms with E-state index in [-0.39, 0.29) is 12.2 Å². The van der Waals surface area contributed by atoms with E-state index in [1.807, 2.05) is 32.9 Å². The van der Waals surface area contributed by atoms with Crippen molar-refractivity contribution in [2.24, 2.45) is 5.92 Å². The maximum absolute atomic E-state index is 12.2. The predicted octanol–water partition coefficient (Wildman–Crippen LogP) is 4.69. The average molecular weight is 450 g/mol. The van der Waals surface area contributed by atoms with Crippen molar-refractivity contribution in [1.82, 2.24) is 4.90 Å². The molecule has 0 radical (unpaired) electrons. The fourth-order valence-electron chi connectivity index (χ4n) is 4.02. The van der Waals surface area contributed by atoms with Crippen LogP contribution in [0.3, 0.4) is 0 Å². The molecule has 172 valence electrons. The molecule has 1 aliphatic heterocycles. The molecule has 1 aliphatic carbocycles. The molecule has 1 amide bonds. The van der Waals surface area contributed by atoms with Crippen molar-refractivity contribution in [3.05, 3.63) is 35.9 Å². The molecule has 2 aliphatic rings. The third kappa shape index (κ3) is 7.07. The molecule has 3 rings (SSSR count). The summed E-state index contributed by atoms with van der Waals surface area (Å²) in [6.07, 6.45) is 8.11. The highest BCUT2D eigenvalue weighted by molar-refractivity contribution is 7.90. The Morgan fingerprint density at radius 3 is 2.26 bits per heavy atom. The highest BCUT2D eigenvalue weighted by atomic mass is 32.2. The third-order valence-corrected chi connectivity index (χ3v) is 6.98. The van der Waals surface area contributed by atoms with E-state index in [2.05, 4.69) is 6.08 Å². The van der Waals surface area contributed by atoms with Crippen molar-refractivity contribution in [3.63, 3.8) is 0 Å². The first-order chi connectivity index (χ1) is 14.5. The zero-order valence-electron chi connectivity index (χ0n) is 19.1. The van der Waals surface area contributed by atoms with Crippen LogP contribution in [0.15, 0.2) is 35.2 Å². The molecular weight excluding hydrogens is 414 g/mol. The number of hydrogen-bond donors (Lipinski definition) is 0. The normalized spacial score (nSPS) is 21.0. The molecule has 1 fully saturated rings. The largest absolute Gasteiger partial charge is 0.444 e. The number of ether oxygens (including phenoxy) is 2. The molecule has 0 N–H and O–H groups in total. The van der Waals surface area contributed by atoms with Crippen LogP contribution in [0, 0.1) is 5.92 Å². The average Bonchev–Trinajstić information content (AvgIpc) is 2.71. The lowest BCUT2D eigenvalue weighted by molar-refractivity contribution is -0.00377. The lowest BCUT2D eigenvalue weighted by Crippen LogP contribution is -2.42. The first-order valence-corrected chi connectivity index (χ1v) is 13.0. The Hall–Kier alpha value is -1.86. The summed E-state index contributed by atoms with van der Waals surface area (Å²) in [4.78, 5) is 14.3. The zero-order valence-corrected chi connectivity index (χ0v) is 19.9. The van der Waals surface area contributed by atoms with E-state index in [1.165, 1.54) is 11.8 Å². The number of allylic oxidation sites excluding steroid dienone is 1. The standard InChI is InChI=1S/C24H35NO5S/c1-24(2,3)30-23(26)25-15-13-18(14-16-25)17-29-21-9-5-19(6-10-21)20-7-11-22(12-8-20)31(4,27)28/h5,7-8,11-12,18,21H,6,9-10,13-17H2,1-4H3. The van der Waals surface area contributed by atoms with E-state index in [9.17, 15) is 13.2 Å². The van der Waals surface area contributed by atoms with Crippen molar-refractivity contribution in [2.75, 3.05) is 26.0 Å². The lowest BCUT2D eigenvalue weighted by Gasteiger charge is -2.34. The number of nitrogens with zero attached hydrogens (tertiary/aromatic N) is 1. The molecule has 0 bridgehead atoms. The van der Waals surface area contributed by atoms with E-state index in [0.717, 1.165) is 57.4 Å². The van der Waals surface area contributed by atoms with Crippen LogP contribution in [-0.4, -0.2) is 57.1 Å². The van der Waals surface area contributed by atoms with Gasteiger partial charge in [0.05, 0.1) is 11.0 Å². The molecule has 1 aromatic carbocycles. The SMILES string of the molecule is CC(C)(C)OC(=O)N1CCC(COC2CC=C(c3ccc(S(C)(=O)=O)cc3)CC2)CC1. The minimum absolute atomic E-state index is 0.221. The van der Waals surface area contributed by atoms with Gasteiger partial charge in [0, 0.05) is 26.0 Å². The minimum Gasteiger partial charge on any atom is -0.444 e. The molecular formula is C24H35NO5S. The first kappa shape index (κ1) is 23.8. The molecule has 0 saturated carbocycles. The number of benzene rings is 1. The van der Waals surface area contributed by atoms with Gasteiger partial charge in [0.1, 0.15) is 5.60 Å². The smallest absolute Gasteiger partial charge is 0.410 e. The van der Waals surface area contributed by atoms with Crippen LogP contribution >= 0.6 is 0 Å². The molecule has 1 atom stereocenters. The van der Waals surface area contributed by atoms with Gasteiger partial charge in [0.25, 0.3) is 0 Å². The van der Waals surface area contributed by atoms with Gasteiger partial charge in [-0.15, -0.1) is 0 Å². The van der Waals surface area contributed by atoms with Crippen LogP contribution in [-0.2, 0) is 19.3 Å². The maximum atomic E-state index is 12.2. The number of rotatable bonds is 5. The molecule has 0 spiro atoms. The second-order valence-electron chi connectivity index (χ2n) is 9.67. The molecule has 0 aromatic heterocycles. The van der Waals surface area contributed by atoms with E-state index >= 15 is 0 Å². The number of sulfone groups is 1. The van der Waals surface area contributed by atoms with E-state index in [0.29, 0.717) is 10.8 Å². The van der Waals surface area contributed by atoms with Gasteiger partial charge in [-0.2, -0.15) is 0 Å². The number of carbonyl (C=O) groups is 1. The van der Waals surface area contributed by atoms with Crippen LogP contribution in [0.1, 0.15) is 58.4 Å². The summed E-state index contributed by atoms with van der Waals surface area (Å²) in [6.45, 7) is 7.85. The van der Waals surface area contributed by atoms with Gasteiger partial charge in [-0.1, -0.05) is 18.2 Å². The van der Waals surface area contributed by atoms with Crippen molar-refractivity contribution in [2.45, 2.75) is 69.5 Å². The highest BCUT2D eigenvalue weighted by Crippen LogP contribution is 2.30. The fourth-order valence-corrected chi connectivity index (χ4v) is 4.65. The molecule has 31 heavy (non-hydrogen) atoms. The van der Waals surface area contributed by atoms with Crippen LogP contribution < -0.4 is 0 Å². The number of likely N-dealkylation sites (tertiary alicyclic amines) is 1. The Morgan fingerprint density at radius 2 is 1.74 bits per heavy atom. The van der Waals surface area contributed by atoms with Gasteiger partial charge >= 0.3 is 6.09 Å². The van der Waals surface area contributed by atoms with Gasteiger partial charge < -0.3 is 14.4 Å². The summed E-state index contributed by atoms with van der Waals surface area (Å²) in [5.74, 6) is 0.479. The monoisotopic (exact) mass is 449 g/mol. The van der Waals surface area contributed by atoms with Crippen molar-refractivity contribution in [1.29, 1.82) is 0 Å². The maximum Gasteiger partial charge on any atom is 0.410 e. The molecule has 1 aromatic rings. The fraction of sp³-hybridized carbons (Fsp3) is 0.625. The Bertz CT molecular complexity index is 891. The summed E-state index contributed by atoms with van der Waals surface area (Å²) in [7, 11) is -3.16. The second kappa shape index (κ2) is 9.74. The number of amides is 1. The summed E-state index contributed by atoms with van der Waals surface area (Å²) < 4.78 is 34.9. The molecule has 1 saturated heterocycles. The molecule has 6 nitrogen and oxygen atoms in total. The van der Waals surface area contributed by atoms with Crippen LogP contribution in [0.4, 0.5) is 4.79 Å². The van der Waals surface area contributed by atoms with Crippen LogP contribution in [0.25, 0.3) is 5.57 Å². The van der Waals surface area contributed by atoms with Gasteiger partial charge in [0.2, 0.25) is 0 Å². The topological polar surface area (TPSA) is 72.9 Å². The lowest BCUT2D eigenvalue weighted by atomic mass is 9.92. The summed E-state index contributed by atoms with van der Waals surface area (Å²) in [5.41, 5.74) is 1.88. The van der Waals surface area contributed by atoms with Crippen molar-refractivity contribution < 1.29 is 22.7 Å². The van der Waals surface area contributed by atoms with Crippen molar-refractivity contribution >= 4 is 21.5 Å². The Balaban J connectivity index is 1.42. The first-order valence-electron chi connectivity index (χ1n) is 11.1. The van der Waals surface area contributed by atoms with Gasteiger partial charge in [0.15, 0.2) is 9.84 Å². The molecule has 1 heterocycles. The van der Waals surface area contributed by atoms with Crippen molar-refractivity contribution in [3.8, 4) is 0 Å². The quantitative estimate of drug-likeness (QED) is 0.652. The molecule has 1 unspecified atom stereocenters. The molecule has 7 heteroatoms. The predicted molar refractivity (Wildman–Crippen MR) is 122 cm³/mol. The Morgan fingerprint density at radius 1 is 1.10 bits per heavy atom. The van der Waals surface area contributed by atoms with Gasteiger partial charge in [-0.3, -0.25) is 0 Å². The van der Waals surface area contributed by atoms with E-state index in [4.69, 9.17) is 9.47 Å². The Labute approximate surface area is 186 Å². The van der Waals surface area contributed by atoms with Crippen LogP contribution in [0.5, 0.6) is 0 Å². The second-order valence-corrected chi connectivity index (χ2v) is 11.7. The number of hydrogen-bond acceptors (Lipinski definition) is 5. The summed E-state index contributed by atoms with van der Waals surface area (Å²) in [5, 5.41) is 0. The zero-order chi connectivity index (χ0) is 22.6. The third-order valence-electron chi connectivity index (χ3n) is 5.85.